The van der Waals surface area contributed by atoms with E-state index < -0.39 is 12.0 Å². The Bertz CT molecular complexity index is 696. The van der Waals surface area contributed by atoms with Gasteiger partial charge in [-0.05, 0) is 17.7 Å². The first-order valence-electron chi connectivity index (χ1n) is 7.48. The number of amides is 1. The fraction of sp³-hybridized carbons (Fsp3) is 0.375. The molecule has 0 aliphatic rings. The molecule has 1 aromatic carbocycles. The summed E-state index contributed by atoms with van der Waals surface area (Å²) in [5, 5.41) is 19.7. The van der Waals surface area contributed by atoms with Gasteiger partial charge in [-0.2, -0.15) is 0 Å². The van der Waals surface area contributed by atoms with Crippen LogP contribution in [-0.4, -0.2) is 45.1 Å². The van der Waals surface area contributed by atoms with Gasteiger partial charge in [0.15, 0.2) is 0 Å². The van der Waals surface area contributed by atoms with Crippen molar-refractivity contribution in [1.82, 2.24) is 20.3 Å². The summed E-state index contributed by atoms with van der Waals surface area (Å²) in [7, 11) is 3.03. The van der Waals surface area contributed by atoms with Gasteiger partial charge in [0.05, 0.1) is 12.8 Å². The van der Waals surface area contributed by atoms with Gasteiger partial charge in [-0.3, -0.25) is 9.48 Å². The molecule has 1 heterocycles. The van der Waals surface area contributed by atoms with Crippen LogP contribution < -0.4 is 5.32 Å². The minimum atomic E-state index is -0.783. The Hall–Kier alpha value is -2.90. The third-order valence-corrected chi connectivity index (χ3v) is 3.46. The third kappa shape index (κ3) is 5.08. The molecule has 24 heavy (non-hydrogen) atoms. The zero-order valence-electron chi connectivity index (χ0n) is 13.6. The quantitative estimate of drug-likeness (QED) is 0.709. The van der Waals surface area contributed by atoms with Crippen LogP contribution in [0.1, 0.15) is 17.7 Å². The van der Waals surface area contributed by atoms with Crippen LogP contribution in [0.5, 0.6) is 5.75 Å². The average molecular weight is 332 g/mol. The maximum absolute atomic E-state index is 12.1. The number of aromatic nitrogens is 3. The summed E-state index contributed by atoms with van der Waals surface area (Å²) < 4.78 is 6.31. The Morgan fingerprint density at radius 3 is 2.62 bits per heavy atom. The number of rotatable bonds is 7. The van der Waals surface area contributed by atoms with Crippen molar-refractivity contribution in [3.63, 3.8) is 0 Å². The smallest absolute Gasteiger partial charge is 0.328 e. The highest BCUT2D eigenvalue weighted by Gasteiger charge is 2.22. The van der Waals surface area contributed by atoms with Crippen molar-refractivity contribution in [2.24, 2.45) is 7.05 Å². The van der Waals surface area contributed by atoms with Crippen molar-refractivity contribution >= 4 is 11.9 Å². The highest BCUT2D eigenvalue weighted by molar-refractivity contribution is 5.84. The van der Waals surface area contributed by atoms with Crippen molar-refractivity contribution in [2.75, 3.05) is 7.11 Å². The molecule has 0 spiro atoms. The zero-order chi connectivity index (χ0) is 17.5. The molecule has 128 valence electrons. The summed E-state index contributed by atoms with van der Waals surface area (Å²) in [5.74, 6) is -0.646. The molecule has 2 aromatic rings. The molecule has 1 aromatic heterocycles. The molecule has 1 amide bonds. The van der Waals surface area contributed by atoms with Gasteiger partial charge in [-0.15, -0.1) is 5.10 Å². The van der Waals surface area contributed by atoms with Crippen molar-refractivity contribution in [1.29, 1.82) is 0 Å². The van der Waals surface area contributed by atoms with E-state index in [4.69, 9.17) is 4.74 Å². The molecule has 8 heteroatoms. The Morgan fingerprint density at radius 2 is 2.04 bits per heavy atom. The van der Waals surface area contributed by atoms with Crippen LogP contribution >= 0.6 is 0 Å². The number of nitrogens with one attached hydrogen (secondary N) is 1. The fourth-order valence-corrected chi connectivity index (χ4v) is 2.22. The van der Waals surface area contributed by atoms with Gasteiger partial charge < -0.3 is 15.2 Å². The lowest BCUT2D eigenvalue weighted by Gasteiger charge is -2.16. The van der Waals surface area contributed by atoms with Crippen LogP contribution in [0.3, 0.4) is 0 Å². The van der Waals surface area contributed by atoms with E-state index in [0.29, 0.717) is 12.1 Å². The van der Waals surface area contributed by atoms with Gasteiger partial charge in [0.1, 0.15) is 11.8 Å². The molecule has 0 aliphatic heterocycles. The fourth-order valence-electron chi connectivity index (χ4n) is 2.22. The molecule has 0 bridgehead atoms. The monoisotopic (exact) mass is 332 g/mol. The molecule has 0 saturated heterocycles. The second kappa shape index (κ2) is 8.09. The zero-order valence-corrected chi connectivity index (χ0v) is 13.6. The standard InChI is InChI=1S/C16H20N4O4/c1-20-10-12(18-19-20)5-8-15(22)17-14(16(23)24-2)9-11-3-6-13(21)7-4-11/h3-4,6-7,10,14,21H,5,8-9H2,1-2H3,(H,17,22). The molecule has 1 atom stereocenters. The number of carbonyl (C=O) groups excluding carboxylic acids is 2. The second-order valence-electron chi connectivity index (χ2n) is 5.40. The van der Waals surface area contributed by atoms with Crippen molar-refractivity contribution in [2.45, 2.75) is 25.3 Å². The minimum Gasteiger partial charge on any atom is -0.508 e. The number of hydrogen-bond donors (Lipinski definition) is 2. The van der Waals surface area contributed by atoms with Gasteiger partial charge in [0, 0.05) is 32.5 Å². The van der Waals surface area contributed by atoms with E-state index in [9.17, 15) is 14.7 Å². The largest absolute Gasteiger partial charge is 0.508 e. The predicted octanol–water partition coefficient (Wildman–Crippen LogP) is 0.354. The average Bonchev–Trinajstić information content (AvgIpc) is 2.99. The molecule has 0 aliphatic carbocycles. The van der Waals surface area contributed by atoms with Gasteiger partial charge in [0.25, 0.3) is 0 Å². The number of ether oxygens (including phenoxy) is 1. The van der Waals surface area contributed by atoms with Crippen LogP contribution in [0.2, 0.25) is 0 Å². The van der Waals surface area contributed by atoms with E-state index in [-0.39, 0.29) is 24.5 Å². The van der Waals surface area contributed by atoms with Crippen LogP contribution in [0, 0.1) is 0 Å². The van der Waals surface area contributed by atoms with Crippen LogP contribution in [0.15, 0.2) is 30.5 Å². The topological polar surface area (TPSA) is 106 Å². The van der Waals surface area contributed by atoms with Crippen LogP contribution in [0.4, 0.5) is 0 Å². The number of hydrogen-bond acceptors (Lipinski definition) is 6. The van der Waals surface area contributed by atoms with E-state index in [1.807, 2.05) is 0 Å². The minimum absolute atomic E-state index is 0.140. The Morgan fingerprint density at radius 1 is 1.33 bits per heavy atom. The lowest BCUT2D eigenvalue weighted by Crippen LogP contribution is -2.43. The van der Waals surface area contributed by atoms with Crippen LogP contribution in [0.25, 0.3) is 0 Å². The summed E-state index contributed by atoms with van der Waals surface area (Å²) in [6.07, 6.45) is 2.65. The number of aryl methyl sites for hydroxylation is 2. The first kappa shape index (κ1) is 17.5. The number of esters is 1. The summed E-state index contributed by atoms with van der Waals surface area (Å²) in [6, 6.07) is 5.65. The molecule has 1 unspecified atom stereocenters. The van der Waals surface area contributed by atoms with Crippen molar-refractivity contribution in [3.05, 3.63) is 41.7 Å². The molecule has 0 radical (unpaired) electrons. The number of phenols is 1. The summed E-state index contributed by atoms with van der Waals surface area (Å²) in [5.41, 5.74) is 1.51. The number of benzene rings is 1. The normalized spacial score (nSPS) is 11.8. The van der Waals surface area contributed by atoms with E-state index in [0.717, 1.165) is 5.56 Å². The first-order valence-corrected chi connectivity index (χ1v) is 7.48. The maximum Gasteiger partial charge on any atom is 0.328 e. The summed E-state index contributed by atoms with van der Waals surface area (Å²) in [6.45, 7) is 0. The third-order valence-electron chi connectivity index (χ3n) is 3.46. The predicted molar refractivity (Wildman–Crippen MR) is 85.1 cm³/mol. The second-order valence-corrected chi connectivity index (χ2v) is 5.40. The van der Waals surface area contributed by atoms with Gasteiger partial charge >= 0.3 is 5.97 Å². The Labute approximate surface area is 139 Å². The number of carbonyl (C=O) groups is 2. The first-order chi connectivity index (χ1) is 11.5. The molecule has 8 nitrogen and oxygen atoms in total. The highest BCUT2D eigenvalue weighted by Crippen LogP contribution is 2.12. The number of aromatic hydroxyl groups is 1. The van der Waals surface area contributed by atoms with Crippen molar-refractivity contribution < 1.29 is 19.4 Å². The van der Waals surface area contributed by atoms with Gasteiger partial charge in [-0.1, -0.05) is 17.3 Å². The lowest BCUT2D eigenvalue weighted by atomic mass is 10.1. The number of phenolic OH excluding ortho intramolecular Hbond substituents is 1. The Balaban J connectivity index is 1.93. The Kier molecular flexibility index (Phi) is 5.89. The number of nitrogens with zero attached hydrogens (tertiary/aromatic N) is 3. The van der Waals surface area contributed by atoms with E-state index in [2.05, 4.69) is 15.6 Å². The summed E-state index contributed by atoms with van der Waals surface area (Å²) >= 11 is 0. The maximum atomic E-state index is 12.1. The molecular formula is C16H20N4O4. The highest BCUT2D eigenvalue weighted by atomic mass is 16.5. The summed E-state index contributed by atoms with van der Waals surface area (Å²) in [4.78, 5) is 24.0. The molecule has 2 N–H and O–H groups in total. The SMILES string of the molecule is COC(=O)C(Cc1ccc(O)cc1)NC(=O)CCc1cn(C)nn1. The van der Waals surface area contributed by atoms with E-state index >= 15 is 0 Å². The molecule has 0 saturated carbocycles. The number of methoxy groups -OCH3 is 1. The molecule has 0 fully saturated rings. The van der Waals surface area contributed by atoms with Crippen molar-refractivity contribution in [3.8, 4) is 5.75 Å². The van der Waals surface area contributed by atoms with Crippen LogP contribution in [-0.2, 0) is 34.2 Å². The van der Waals surface area contributed by atoms with Gasteiger partial charge in [0.2, 0.25) is 5.91 Å². The lowest BCUT2D eigenvalue weighted by molar-refractivity contribution is -0.145. The van der Waals surface area contributed by atoms with E-state index in [1.165, 1.54) is 19.2 Å². The molecule has 2 rings (SSSR count). The van der Waals surface area contributed by atoms with Gasteiger partial charge in [-0.25, -0.2) is 4.79 Å². The van der Waals surface area contributed by atoms with E-state index in [1.54, 1.807) is 30.1 Å². The molecular weight excluding hydrogens is 312 g/mol.